The Labute approximate surface area is 42.9 Å². The maximum Gasteiger partial charge on any atom is 0.0673 e. The highest BCUT2D eigenvalue weighted by atomic mass is 15.1. The van der Waals surface area contributed by atoms with Crippen LogP contribution in [0.25, 0.3) is 0 Å². The molecule has 7 heavy (non-hydrogen) atoms. The lowest BCUT2D eigenvalue weighted by Gasteiger charge is -1.79. The van der Waals surface area contributed by atoms with Gasteiger partial charge in [0.1, 0.15) is 0 Å². The molecule has 0 bridgehead atoms. The minimum absolute atomic E-state index is 0.836. The SMILES string of the molecule is CN=C(C)C=NN. The molecule has 0 radical (unpaired) electrons. The number of aliphatic imine (C=N–C) groups is 1. The number of hydrogen-bond donors (Lipinski definition) is 1. The van der Waals surface area contributed by atoms with E-state index in [0.29, 0.717) is 0 Å². The summed E-state index contributed by atoms with van der Waals surface area (Å²) in [6, 6.07) is 0. The Kier molecular flexibility index (Phi) is 2.92. The van der Waals surface area contributed by atoms with Gasteiger partial charge in [-0.25, -0.2) is 0 Å². The molecule has 40 valence electrons. The summed E-state index contributed by atoms with van der Waals surface area (Å²) in [5, 5.41) is 3.25. The van der Waals surface area contributed by atoms with Crippen molar-refractivity contribution in [3.63, 3.8) is 0 Å². The highest BCUT2D eigenvalue weighted by Crippen LogP contribution is 1.64. The van der Waals surface area contributed by atoms with E-state index in [4.69, 9.17) is 5.84 Å². The molecule has 0 heterocycles. The first-order chi connectivity index (χ1) is 3.31. The zero-order valence-corrected chi connectivity index (χ0v) is 4.55. The normalized spacial score (nSPS) is 13.1. The molecule has 2 N–H and O–H groups in total. The van der Waals surface area contributed by atoms with Crippen LogP contribution in [-0.2, 0) is 0 Å². The Hall–Kier alpha value is -0.860. The van der Waals surface area contributed by atoms with Gasteiger partial charge in [-0.1, -0.05) is 0 Å². The van der Waals surface area contributed by atoms with Crippen LogP contribution in [-0.4, -0.2) is 19.0 Å². The molecule has 0 saturated heterocycles. The Morgan fingerprint density at radius 1 is 1.71 bits per heavy atom. The lowest BCUT2D eigenvalue weighted by atomic mass is 10.5. The van der Waals surface area contributed by atoms with Crippen molar-refractivity contribution < 1.29 is 0 Å². The van der Waals surface area contributed by atoms with Crippen LogP contribution in [0.3, 0.4) is 0 Å². The number of hydrogen-bond acceptors (Lipinski definition) is 3. The molecule has 0 amide bonds. The summed E-state index contributed by atoms with van der Waals surface area (Å²) in [7, 11) is 1.69. The van der Waals surface area contributed by atoms with Crippen molar-refractivity contribution in [2.75, 3.05) is 7.05 Å². The van der Waals surface area contributed by atoms with Crippen LogP contribution in [0, 0.1) is 0 Å². The number of nitrogens with two attached hydrogens (primary N) is 1. The third kappa shape index (κ3) is 2.96. The van der Waals surface area contributed by atoms with Gasteiger partial charge in [0.15, 0.2) is 0 Å². The van der Waals surface area contributed by atoms with Crippen molar-refractivity contribution in [1.29, 1.82) is 0 Å². The van der Waals surface area contributed by atoms with E-state index in [1.54, 1.807) is 7.05 Å². The summed E-state index contributed by atoms with van der Waals surface area (Å²) in [5.41, 5.74) is 0.836. The zero-order chi connectivity index (χ0) is 5.70. The summed E-state index contributed by atoms with van der Waals surface area (Å²) in [6.45, 7) is 1.83. The Morgan fingerprint density at radius 2 is 2.29 bits per heavy atom. The van der Waals surface area contributed by atoms with Gasteiger partial charge in [-0.2, -0.15) is 5.10 Å². The summed E-state index contributed by atoms with van der Waals surface area (Å²) in [4.78, 5) is 3.77. The molecule has 0 rings (SSSR count). The van der Waals surface area contributed by atoms with Crippen molar-refractivity contribution >= 4 is 11.9 Å². The fourth-order valence-electron chi connectivity index (χ4n) is 0.166. The summed E-state index contributed by atoms with van der Waals surface area (Å²) < 4.78 is 0. The fraction of sp³-hybridized carbons (Fsp3) is 0.500. The van der Waals surface area contributed by atoms with Gasteiger partial charge < -0.3 is 5.84 Å². The number of hydrazone groups is 1. The zero-order valence-electron chi connectivity index (χ0n) is 4.55. The molecule has 0 saturated carbocycles. The van der Waals surface area contributed by atoms with E-state index in [1.165, 1.54) is 6.21 Å². The third-order valence-electron chi connectivity index (χ3n) is 0.614. The minimum atomic E-state index is 0.836. The van der Waals surface area contributed by atoms with Crippen LogP contribution in [0.15, 0.2) is 10.1 Å². The summed E-state index contributed by atoms with van der Waals surface area (Å²) in [5.74, 6) is 4.79. The van der Waals surface area contributed by atoms with Crippen LogP contribution in [0.5, 0.6) is 0 Å². The summed E-state index contributed by atoms with van der Waals surface area (Å²) >= 11 is 0. The fourth-order valence-corrected chi connectivity index (χ4v) is 0.166. The molecule has 0 aliphatic carbocycles. The average molecular weight is 99.1 g/mol. The molecule has 0 atom stereocenters. The van der Waals surface area contributed by atoms with Crippen molar-refractivity contribution in [3.8, 4) is 0 Å². The molecule has 0 aliphatic heterocycles. The lowest BCUT2D eigenvalue weighted by Crippen LogP contribution is -1.94. The molecule has 0 aromatic rings. The smallest absolute Gasteiger partial charge is 0.0673 e. The average Bonchev–Trinajstić information content (AvgIpc) is 1.68. The maximum atomic E-state index is 4.79. The second kappa shape index (κ2) is 3.33. The second-order valence-electron chi connectivity index (χ2n) is 1.14. The molecular weight excluding hydrogens is 90.1 g/mol. The van der Waals surface area contributed by atoms with E-state index in [-0.39, 0.29) is 0 Å². The van der Waals surface area contributed by atoms with Gasteiger partial charge in [-0.15, -0.1) is 0 Å². The molecule has 0 fully saturated rings. The van der Waals surface area contributed by atoms with Crippen molar-refractivity contribution in [2.45, 2.75) is 6.92 Å². The van der Waals surface area contributed by atoms with Crippen molar-refractivity contribution in [2.24, 2.45) is 15.9 Å². The topological polar surface area (TPSA) is 50.7 Å². The molecule has 0 aromatic heterocycles. The highest BCUT2D eigenvalue weighted by Gasteiger charge is 1.73. The largest absolute Gasteiger partial charge is 0.323 e. The Bertz CT molecular complexity index is 93.1. The van der Waals surface area contributed by atoms with Gasteiger partial charge in [-0.3, -0.25) is 4.99 Å². The van der Waals surface area contributed by atoms with Gasteiger partial charge in [0.2, 0.25) is 0 Å². The number of rotatable bonds is 1. The maximum absolute atomic E-state index is 4.79. The Balaban J connectivity index is 3.58. The molecule has 0 spiro atoms. The number of nitrogens with zero attached hydrogens (tertiary/aromatic N) is 2. The first-order valence-corrected chi connectivity index (χ1v) is 1.98. The second-order valence-corrected chi connectivity index (χ2v) is 1.14. The lowest BCUT2D eigenvalue weighted by molar-refractivity contribution is 1.27. The van der Waals surface area contributed by atoms with Crippen LogP contribution in [0.1, 0.15) is 6.92 Å². The van der Waals surface area contributed by atoms with Gasteiger partial charge in [0.25, 0.3) is 0 Å². The van der Waals surface area contributed by atoms with E-state index < -0.39 is 0 Å². The minimum Gasteiger partial charge on any atom is -0.323 e. The molecule has 0 aliphatic rings. The van der Waals surface area contributed by atoms with Crippen molar-refractivity contribution in [1.82, 2.24) is 0 Å². The van der Waals surface area contributed by atoms with E-state index in [1.807, 2.05) is 6.92 Å². The van der Waals surface area contributed by atoms with Crippen LogP contribution in [0.2, 0.25) is 0 Å². The van der Waals surface area contributed by atoms with E-state index in [2.05, 4.69) is 10.1 Å². The molecule has 0 unspecified atom stereocenters. The molecule has 0 aromatic carbocycles. The highest BCUT2D eigenvalue weighted by molar-refractivity contribution is 6.29. The Morgan fingerprint density at radius 3 is 2.43 bits per heavy atom. The first kappa shape index (κ1) is 6.14. The van der Waals surface area contributed by atoms with Gasteiger partial charge in [-0.05, 0) is 6.92 Å². The van der Waals surface area contributed by atoms with Crippen molar-refractivity contribution in [3.05, 3.63) is 0 Å². The first-order valence-electron chi connectivity index (χ1n) is 1.98. The molecule has 3 heteroatoms. The quantitative estimate of drug-likeness (QED) is 0.281. The monoisotopic (exact) mass is 99.1 g/mol. The molecule has 3 nitrogen and oxygen atoms in total. The van der Waals surface area contributed by atoms with Gasteiger partial charge >= 0.3 is 0 Å². The summed E-state index contributed by atoms with van der Waals surface area (Å²) in [6.07, 6.45) is 1.50. The van der Waals surface area contributed by atoms with Crippen LogP contribution < -0.4 is 5.84 Å². The molecular formula is C4H9N3. The predicted molar refractivity (Wildman–Crippen MR) is 31.7 cm³/mol. The standard InChI is InChI=1S/C4H9N3/c1-4(6-2)3-7-5/h3H,5H2,1-2H3. The van der Waals surface area contributed by atoms with Gasteiger partial charge in [0, 0.05) is 7.05 Å². The van der Waals surface area contributed by atoms with Crippen LogP contribution in [0.4, 0.5) is 0 Å². The van der Waals surface area contributed by atoms with Gasteiger partial charge in [0.05, 0.1) is 11.9 Å². The van der Waals surface area contributed by atoms with E-state index in [0.717, 1.165) is 5.71 Å². The predicted octanol–water partition coefficient (Wildman–Crippen LogP) is 0.0216. The van der Waals surface area contributed by atoms with Crippen LogP contribution >= 0.6 is 0 Å². The van der Waals surface area contributed by atoms with E-state index >= 15 is 0 Å². The third-order valence-corrected chi connectivity index (χ3v) is 0.614. The van der Waals surface area contributed by atoms with E-state index in [9.17, 15) is 0 Å².